The number of hydrogen-bond acceptors (Lipinski definition) is 11. The number of carbonyl (C=O) groups is 1. The number of aromatic nitrogens is 5. The van der Waals surface area contributed by atoms with Crippen molar-refractivity contribution in [1.29, 1.82) is 0 Å². The highest BCUT2D eigenvalue weighted by molar-refractivity contribution is 7.84. The van der Waals surface area contributed by atoms with Gasteiger partial charge in [-0.2, -0.15) is 19.5 Å². The highest BCUT2D eigenvalue weighted by Gasteiger charge is 2.24. The molecule has 1 aliphatic heterocycles. The maximum Gasteiger partial charge on any atom is 0.259 e. The highest BCUT2D eigenvalue weighted by Crippen LogP contribution is 2.25. The summed E-state index contributed by atoms with van der Waals surface area (Å²) in [5.74, 6) is -0.388. The molecule has 0 aliphatic carbocycles. The van der Waals surface area contributed by atoms with Gasteiger partial charge in [-0.3, -0.25) is 13.9 Å². The third-order valence-corrected chi connectivity index (χ3v) is 7.48. The molecule has 0 spiro atoms. The number of benzene rings is 1. The molecule has 1 aliphatic rings. The number of rotatable bonds is 10. The van der Waals surface area contributed by atoms with Crippen molar-refractivity contribution in [1.82, 2.24) is 34.4 Å². The van der Waals surface area contributed by atoms with Gasteiger partial charge in [0, 0.05) is 81.7 Å². The molecule has 0 saturated carbocycles. The van der Waals surface area contributed by atoms with Crippen molar-refractivity contribution in [3.8, 4) is 11.6 Å². The standard InChI is InChI=1S/C25H30F2N10O3S/c1-34(11-13-41(2)39)22(38)16-14-19(18(27)15-17(16)26)36-9-7-35(8-10-36)6-5-29-24-31-23(28)37-25(32-24)30-21(33-37)20-4-3-12-40-20/h3-4,12,14-15H,5-11,13H2,1-2H3,(H3,28,29,30,31,32,33)/t41-/m1/s1. The molecule has 41 heavy (non-hydrogen) atoms. The number of nitrogens with two attached hydrogens (primary N) is 1. The molecule has 4 heterocycles. The van der Waals surface area contributed by atoms with E-state index < -0.39 is 28.3 Å². The Labute approximate surface area is 236 Å². The Kier molecular flexibility index (Phi) is 8.39. The fraction of sp³-hybridized carbons (Fsp3) is 0.400. The van der Waals surface area contributed by atoms with Crippen LogP contribution in [0.5, 0.6) is 0 Å². The van der Waals surface area contributed by atoms with Crippen molar-refractivity contribution in [3.05, 3.63) is 47.7 Å². The van der Waals surface area contributed by atoms with Gasteiger partial charge < -0.3 is 25.3 Å². The summed E-state index contributed by atoms with van der Waals surface area (Å²) >= 11 is 0. The lowest BCUT2D eigenvalue weighted by molar-refractivity contribution is 0.0799. The van der Waals surface area contributed by atoms with Crippen LogP contribution in [0, 0.1) is 11.6 Å². The van der Waals surface area contributed by atoms with Crippen LogP contribution in [-0.4, -0.2) is 109 Å². The molecule has 1 aromatic carbocycles. The Morgan fingerprint density at radius 1 is 1.17 bits per heavy atom. The molecule has 0 bridgehead atoms. The van der Waals surface area contributed by atoms with E-state index in [1.807, 2.05) is 0 Å². The van der Waals surface area contributed by atoms with E-state index in [4.69, 9.17) is 10.2 Å². The van der Waals surface area contributed by atoms with E-state index in [2.05, 4.69) is 30.3 Å². The largest absolute Gasteiger partial charge is 0.461 e. The van der Waals surface area contributed by atoms with Gasteiger partial charge in [-0.15, -0.1) is 5.10 Å². The summed E-state index contributed by atoms with van der Waals surface area (Å²) < 4.78 is 47.3. The predicted molar refractivity (Wildman–Crippen MR) is 150 cm³/mol. The van der Waals surface area contributed by atoms with Crippen molar-refractivity contribution in [2.24, 2.45) is 0 Å². The van der Waals surface area contributed by atoms with Crippen LogP contribution >= 0.6 is 0 Å². The first-order valence-corrected chi connectivity index (χ1v) is 14.6. The topological polar surface area (TPSA) is 151 Å². The molecular weight excluding hydrogens is 558 g/mol. The average molecular weight is 589 g/mol. The SMILES string of the molecule is CN(CC[S@@](C)=O)C(=O)c1cc(N2CCN(CCNc3nc(N)n4nc(-c5ccco5)nc4n3)CC2)c(F)cc1F. The van der Waals surface area contributed by atoms with Gasteiger partial charge in [-0.25, -0.2) is 8.78 Å². The lowest BCUT2D eigenvalue weighted by Gasteiger charge is -2.36. The minimum absolute atomic E-state index is 0.127. The summed E-state index contributed by atoms with van der Waals surface area (Å²) in [6, 6.07) is 5.49. The van der Waals surface area contributed by atoms with Crippen molar-refractivity contribution in [2.75, 3.05) is 80.8 Å². The molecule has 16 heteroatoms. The third kappa shape index (κ3) is 6.43. The summed E-state index contributed by atoms with van der Waals surface area (Å²) in [6.07, 6.45) is 3.06. The molecule has 3 N–H and O–H groups in total. The quantitative estimate of drug-likeness (QED) is 0.276. The second kappa shape index (κ2) is 12.1. The first-order valence-electron chi connectivity index (χ1n) is 12.9. The Balaban J connectivity index is 1.16. The maximum absolute atomic E-state index is 14.7. The van der Waals surface area contributed by atoms with E-state index in [1.165, 1.54) is 35.0 Å². The highest BCUT2D eigenvalue weighted by atomic mass is 32.2. The summed E-state index contributed by atoms with van der Waals surface area (Å²) in [5, 5.41) is 7.42. The fourth-order valence-corrected chi connectivity index (χ4v) is 4.98. The Morgan fingerprint density at radius 2 is 1.95 bits per heavy atom. The molecule has 3 aromatic heterocycles. The number of piperazine rings is 1. The molecular formula is C25H30F2N10O3S. The Bertz CT molecular complexity index is 1560. The molecule has 13 nitrogen and oxygen atoms in total. The molecule has 0 radical (unpaired) electrons. The normalized spacial score (nSPS) is 14.9. The molecule has 1 amide bonds. The average Bonchev–Trinajstić information content (AvgIpc) is 3.63. The lowest BCUT2D eigenvalue weighted by Crippen LogP contribution is -2.48. The van der Waals surface area contributed by atoms with E-state index in [1.54, 1.807) is 17.0 Å². The molecule has 1 atom stereocenters. The number of nitrogens with zero attached hydrogens (tertiary/aromatic N) is 8. The van der Waals surface area contributed by atoms with Gasteiger partial charge in [0.25, 0.3) is 11.7 Å². The van der Waals surface area contributed by atoms with E-state index in [9.17, 15) is 17.8 Å². The predicted octanol–water partition coefficient (Wildman–Crippen LogP) is 1.32. The van der Waals surface area contributed by atoms with Crippen molar-refractivity contribution < 1.29 is 22.2 Å². The second-order valence-electron chi connectivity index (χ2n) is 9.57. The Hall–Kier alpha value is -4.18. The fourth-order valence-electron chi connectivity index (χ4n) is 4.45. The minimum Gasteiger partial charge on any atom is -0.461 e. The summed E-state index contributed by atoms with van der Waals surface area (Å²) in [4.78, 5) is 31.0. The van der Waals surface area contributed by atoms with Crippen LogP contribution < -0.4 is 16.0 Å². The van der Waals surface area contributed by atoms with Crippen molar-refractivity contribution in [2.45, 2.75) is 0 Å². The van der Waals surface area contributed by atoms with Crippen LogP contribution in [0.25, 0.3) is 17.4 Å². The number of hydrogen-bond donors (Lipinski definition) is 2. The van der Waals surface area contributed by atoms with Crippen LogP contribution in [0.4, 0.5) is 26.4 Å². The molecule has 5 rings (SSSR count). The first kappa shape index (κ1) is 28.4. The third-order valence-electron chi connectivity index (χ3n) is 6.73. The van der Waals surface area contributed by atoms with Crippen LogP contribution in [0.2, 0.25) is 0 Å². The summed E-state index contributed by atoms with van der Waals surface area (Å²) in [6.45, 7) is 3.62. The second-order valence-corrected chi connectivity index (χ2v) is 11.1. The zero-order chi connectivity index (χ0) is 29.1. The number of carbonyl (C=O) groups excluding carboxylic acids is 1. The van der Waals surface area contributed by atoms with Crippen molar-refractivity contribution in [3.63, 3.8) is 0 Å². The number of furan rings is 1. The summed E-state index contributed by atoms with van der Waals surface area (Å²) in [7, 11) is 0.414. The van der Waals surface area contributed by atoms with Gasteiger partial charge in [-0.05, 0) is 18.2 Å². The number of halogens is 2. The van der Waals surface area contributed by atoms with E-state index in [0.29, 0.717) is 56.8 Å². The zero-order valence-electron chi connectivity index (χ0n) is 22.6. The van der Waals surface area contributed by atoms with E-state index in [-0.39, 0.29) is 35.3 Å². The number of anilines is 3. The van der Waals surface area contributed by atoms with Gasteiger partial charge in [-0.1, -0.05) is 0 Å². The van der Waals surface area contributed by atoms with Gasteiger partial charge in [0.05, 0.1) is 17.5 Å². The van der Waals surface area contributed by atoms with Gasteiger partial charge in [0.2, 0.25) is 17.7 Å². The minimum atomic E-state index is -1.09. The van der Waals surface area contributed by atoms with Crippen LogP contribution in [-0.2, 0) is 10.8 Å². The molecule has 218 valence electrons. The number of amides is 1. The van der Waals surface area contributed by atoms with Crippen LogP contribution in [0.3, 0.4) is 0 Å². The monoisotopic (exact) mass is 588 g/mol. The lowest BCUT2D eigenvalue weighted by atomic mass is 10.1. The van der Waals surface area contributed by atoms with E-state index in [0.717, 1.165) is 6.07 Å². The molecule has 4 aromatic rings. The van der Waals surface area contributed by atoms with Crippen LogP contribution in [0.15, 0.2) is 34.9 Å². The smallest absolute Gasteiger partial charge is 0.259 e. The van der Waals surface area contributed by atoms with Gasteiger partial charge in [0.1, 0.15) is 11.6 Å². The van der Waals surface area contributed by atoms with E-state index >= 15 is 0 Å². The number of fused-ring (bicyclic) bond motifs is 1. The molecule has 1 saturated heterocycles. The van der Waals surface area contributed by atoms with Crippen molar-refractivity contribution >= 4 is 40.1 Å². The van der Waals surface area contributed by atoms with Gasteiger partial charge in [0.15, 0.2) is 5.76 Å². The van der Waals surface area contributed by atoms with Gasteiger partial charge >= 0.3 is 0 Å². The summed E-state index contributed by atoms with van der Waals surface area (Å²) in [5.41, 5.74) is 6.01. The number of nitrogen functional groups attached to an aromatic ring is 1. The first-order chi connectivity index (χ1) is 19.7. The van der Waals surface area contributed by atoms with Crippen LogP contribution in [0.1, 0.15) is 10.4 Å². The maximum atomic E-state index is 14.7. The molecule has 0 unspecified atom stereocenters. The molecule has 1 fully saturated rings. The zero-order valence-corrected chi connectivity index (χ0v) is 23.4. The Morgan fingerprint density at radius 3 is 2.66 bits per heavy atom. The number of nitrogens with one attached hydrogen (secondary N) is 1.